The van der Waals surface area contributed by atoms with E-state index in [1.807, 2.05) is 0 Å². The van der Waals surface area contributed by atoms with Crippen molar-refractivity contribution in [2.24, 2.45) is 5.41 Å². The molecule has 1 unspecified atom stereocenters. The second kappa shape index (κ2) is 4.27. The molecule has 0 aromatic carbocycles. The molecule has 1 rings (SSSR count). The van der Waals surface area contributed by atoms with Crippen LogP contribution in [0.25, 0.3) is 0 Å². The second-order valence-corrected chi connectivity index (χ2v) is 4.54. The Bertz CT molecular complexity index is 131. The smallest absolute Gasteiger partial charge is 0.00357 e. The molecule has 0 spiro atoms. The average Bonchev–Trinajstić information content (AvgIpc) is 2.45. The van der Waals surface area contributed by atoms with E-state index < -0.39 is 0 Å². The zero-order chi connectivity index (χ0) is 9.03. The maximum absolute atomic E-state index is 2.63. The van der Waals surface area contributed by atoms with Gasteiger partial charge < -0.3 is 4.90 Å². The van der Waals surface area contributed by atoms with Crippen molar-refractivity contribution in [2.45, 2.75) is 46.5 Å². The van der Waals surface area contributed by atoms with Crippen molar-refractivity contribution in [3.8, 4) is 0 Å². The van der Waals surface area contributed by atoms with Crippen LogP contribution in [-0.2, 0) is 0 Å². The van der Waals surface area contributed by atoms with Gasteiger partial charge >= 0.3 is 0 Å². The van der Waals surface area contributed by atoms with E-state index in [1.165, 1.54) is 45.3 Å². The van der Waals surface area contributed by atoms with Gasteiger partial charge in [-0.3, -0.25) is 0 Å². The Morgan fingerprint density at radius 1 is 1.33 bits per heavy atom. The van der Waals surface area contributed by atoms with E-state index >= 15 is 0 Å². The fraction of sp³-hybridized carbons (Fsp3) is 1.00. The van der Waals surface area contributed by atoms with Crippen molar-refractivity contribution in [3.05, 3.63) is 0 Å². The van der Waals surface area contributed by atoms with E-state index in [0.717, 1.165) is 0 Å². The van der Waals surface area contributed by atoms with E-state index in [0.29, 0.717) is 5.41 Å². The number of hydrogen-bond donors (Lipinski definition) is 0. The summed E-state index contributed by atoms with van der Waals surface area (Å²) >= 11 is 0. The zero-order valence-electron chi connectivity index (χ0n) is 8.90. The fourth-order valence-corrected chi connectivity index (χ4v) is 1.99. The molecular weight excluding hydrogens is 146 g/mol. The van der Waals surface area contributed by atoms with Gasteiger partial charge in [-0.25, -0.2) is 0 Å². The van der Waals surface area contributed by atoms with Gasteiger partial charge in [-0.1, -0.05) is 27.2 Å². The molecule has 1 nitrogen and oxygen atoms in total. The first-order valence-corrected chi connectivity index (χ1v) is 5.42. The first kappa shape index (κ1) is 10.0. The van der Waals surface area contributed by atoms with Crippen molar-refractivity contribution in [1.82, 2.24) is 4.90 Å². The third-order valence-electron chi connectivity index (χ3n) is 3.32. The van der Waals surface area contributed by atoms with Crippen LogP contribution in [0.1, 0.15) is 46.5 Å². The highest BCUT2D eigenvalue weighted by Crippen LogP contribution is 2.32. The molecule has 0 N–H and O–H groups in total. The highest BCUT2D eigenvalue weighted by atomic mass is 15.1. The lowest BCUT2D eigenvalue weighted by Crippen LogP contribution is -2.25. The quantitative estimate of drug-likeness (QED) is 0.625. The summed E-state index contributed by atoms with van der Waals surface area (Å²) in [6, 6.07) is 0. The SMILES string of the molecule is CCCCN1CCC(C)(CC)C1. The number of hydrogen-bond acceptors (Lipinski definition) is 1. The summed E-state index contributed by atoms with van der Waals surface area (Å²) in [4.78, 5) is 2.63. The van der Waals surface area contributed by atoms with Crippen LogP contribution in [0.5, 0.6) is 0 Å². The van der Waals surface area contributed by atoms with Crippen molar-refractivity contribution < 1.29 is 0 Å². The minimum absolute atomic E-state index is 0.633. The first-order chi connectivity index (χ1) is 5.70. The summed E-state index contributed by atoms with van der Waals surface area (Å²) in [6.07, 6.45) is 5.46. The summed E-state index contributed by atoms with van der Waals surface area (Å²) in [7, 11) is 0. The van der Waals surface area contributed by atoms with Gasteiger partial charge in [0.05, 0.1) is 0 Å². The number of likely N-dealkylation sites (tertiary alicyclic amines) is 1. The van der Waals surface area contributed by atoms with Crippen molar-refractivity contribution in [1.29, 1.82) is 0 Å². The normalized spacial score (nSPS) is 31.2. The third kappa shape index (κ3) is 2.48. The molecule has 1 aliphatic heterocycles. The Hall–Kier alpha value is -0.0400. The maximum Gasteiger partial charge on any atom is 0.00357 e. The average molecular weight is 169 g/mol. The standard InChI is InChI=1S/C11H23N/c1-4-6-8-12-9-7-11(3,5-2)10-12/h4-10H2,1-3H3. The van der Waals surface area contributed by atoms with Crippen LogP contribution in [0.3, 0.4) is 0 Å². The van der Waals surface area contributed by atoms with Gasteiger partial charge in [0.25, 0.3) is 0 Å². The molecule has 1 heteroatoms. The van der Waals surface area contributed by atoms with Crippen LogP contribution in [0.2, 0.25) is 0 Å². The molecule has 1 saturated heterocycles. The lowest BCUT2D eigenvalue weighted by Gasteiger charge is -2.22. The fourth-order valence-electron chi connectivity index (χ4n) is 1.99. The molecule has 0 aromatic rings. The van der Waals surface area contributed by atoms with Crippen LogP contribution >= 0.6 is 0 Å². The lowest BCUT2D eigenvalue weighted by atomic mass is 9.87. The Morgan fingerprint density at radius 3 is 2.58 bits per heavy atom. The van der Waals surface area contributed by atoms with Gasteiger partial charge in [-0.2, -0.15) is 0 Å². The van der Waals surface area contributed by atoms with Crippen molar-refractivity contribution in [2.75, 3.05) is 19.6 Å². The molecule has 0 radical (unpaired) electrons. The van der Waals surface area contributed by atoms with E-state index in [4.69, 9.17) is 0 Å². The maximum atomic E-state index is 2.63. The molecule has 0 amide bonds. The number of nitrogens with zero attached hydrogens (tertiary/aromatic N) is 1. The first-order valence-electron chi connectivity index (χ1n) is 5.42. The molecule has 0 aliphatic carbocycles. The molecule has 1 heterocycles. The minimum Gasteiger partial charge on any atom is -0.303 e. The van der Waals surface area contributed by atoms with Gasteiger partial charge in [0, 0.05) is 6.54 Å². The summed E-state index contributed by atoms with van der Waals surface area (Å²) in [5.41, 5.74) is 0.633. The van der Waals surface area contributed by atoms with Crippen LogP contribution in [0.4, 0.5) is 0 Å². The van der Waals surface area contributed by atoms with Gasteiger partial charge in [0.15, 0.2) is 0 Å². The number of rotatable bonds is 4. The van der Waals surface area contributed by atoms with E-state index in [-0.39, 0.29) is 0 Å². The molecule has 1 fully saturated rings. The highest BCUT2D eigenvalue weighted by Gasteiger charge is 2.31. The number of unbranched alkanes of at least 4 members (excludes halogenated alkanes) is 1. The highest BCUT2D eigenvalue weighted by molar-refractivity contribution is 4.84. The van der Waals surface area contributed by atoms with E-state index in [1.54, 1.807) is 0 Å². The van der Waals surface area contributed by atoms with Gasteiger partial charge in [-0.15, -0.1) is 0 Å². The minimum atomic E-state index is 0.633. The molecule has 0 bridgehead atoms. The predicted molar refractivity (Wildman–Crippen MR) is 54.4 cm³/mol. The van der Waals surface area contributed by atoms with Crippen LogP contribution in [-0.4, -0.2) is 24.5 Å². The lowest BCUT2D eigenvalue weighted by molar-refractivity contribution is 0.266. The van der Waals surface area contributed by atoms with Gasteiger partial charge in [-0.05, 0) is 37.8 Å². The molecule has 1 atom stereocenters. The predicted octanol–water partition coefficient (Wildman–Crippen LogP) is 2.91. The summed E-state index contributed by atoms with van der Waals surface area (Å²) in [5.74, 6) is 0. The van der Waals surface area contributed by atoms with Crippen LogP contribution < -0.4 is 0 Å². The van der Waals surface area contributed by atoms with Crippen molar-refractivity contribution >= 4 is 0 Å². The Labute approximate surface area is 77.1 Å². The molecule has 72 valence electrons. The zero-order valence-corrected chi connectivity index (χ0v) is 8.90. The topological polar surface area (TPSA) is 3.24 Å². The monoisotopic (exact) mass is 169 g/mol. The molecule has 1 aliphatic rings. The molecule has 0 aromatic heterocycles. The summed E-state index contributed by atoms with van der Waals surface area (Å²) < 4.78 is 0. The molecule has 12 heavy (non-hydrogen) atoms. The van der Waals surface area contributed by atoms with Crippen molar-refractivity contribution in [3.63, 3.8) is 0 Å². The van der Waals surface area contributed by atoms with Crippen LogP contribution in [0.15, 0.2) is 0 Å². The summed E-state index contributed by atoms with van der Waals surface area (Å²) in [5, 5.41) is 0. The Balaban J connectivity index is 2.25. The largest absolute Gasteiger partial charge is 0.303 e. The van der Waals surface area contributed by atoms with Crippen LogP contribution in [0, 0.1) is 5.41 Å². The van der Waals surface area contributed by atoms with Gasteiger partial charge in [0.2, 0.25) is 0 Å². The molecular formula is C11H23N. The summed E-state index contributed by atoms with van der Waals surface area (Å²) in [6.45, 7) is 11.0. The molecule has 0 saturated carbocycles. The second-order valence-electron chi connectivity index (χ2n) is 4.54. The van der Waals surface area contributed by atoms with E-state index in [9.17, 15) is 0 Å². The Morgan fingerprint density at radius 2 is 2.08 bits per heavy atom. The van der Waals surface area contributed by atoms with E-state index in [2.05, 4.69) is 25.7 Å². The van der Waals surface area contributed by atoms with Gasteiger partial charge in [0.1, 0.15) is 0 Å². The Kier molecular flexibility index (Phi) is 3.57. The third-order valence-corrected chi connectivity index (χ3v) is 3.32.